The summed E-state index contributed by atoms with van der Waals surface area (Å²) in [6.07, 6.45) is 1.83. The minimum atomic E-state index is -0.937. The number of nitrogens with zero attached hydrogens (tertiary/aromatic N) is 5. The van der Waals surface area contributed by atoms with E-state index in [1.807, 2.05) is 11.8 Å². The number of hydrogen-bond donors (Lipinski definition) is 4. The van der Waals surface area contributed by atoms with Gasteiger partial charge in [0.2, 0.25) is 0 Å². The van der Waals surface area contributed by atoms with E-state index in [2.05, 4.69) is 25.8 Å². The molecular formula is C15H24N8O4. The summed E-state index contributed by atoms with van der Waals surface area (Å²) in [7, 11) is 0. The van der Waals surface area contributed by atoms with Gasteiger partial charge in [-0.05, 0) is 6.92 Å². The molecule has 5 N–H and O–H groups in total. The van der Waals surface area contributed by atoms with Crippen molar-refractivity contribution in [3.63, 3.8) is 0 Å². The molecular weight excluding hydrogens is 356 g/mol. The Bertz CT molecular complexity index is 676. The molecule has 12 nitrogen and oxygen atoms in total. The van der Waals surface area contributed by atoms with Gasteiger partial charge in [0.1, 0.15) is 24.6 Å². The molecule has 0 radical (unpaired) electrons. The number of carbonyl (C=O) groups is 2. The molecule has 0 saturated carbocycles. The molecule has 0 aromatic carbocycles. The third-order valence-electron chi connectivity index (χ3n) is 3.82. The lowest BCUT2D eigenvalue weighted by molar-refractivity contribution is 0.142. The number of anilines is 2. The highest BCUT2D eigenvalue weighted by atomic mass is 16.6. The fourth-order valence-corrected chi connectivity index (χ4v) is 2.46. The first-order valence-corrected chi connectivity index (χ1v) is 8.53. The zero-order chi connectivity index (χ0) is 19.6. The average molecular weight is 380 g/mol. The van der Waals surface area contributed by atoms with Crippen molar-refractivity contribution in [1.82, 2.24) is 25.5 Å². The van der Waals surface area contributed by atoms with E-state index in [4.69, 9.17) is 15.7 Å². The van der Waals surface area contributed by atoms with Gasteiger partial charge in [0.05, 0.1) is 18.3 Å². The number of rotatable bonds is 7. The second-order valence-corrected chi connectivity index (χ2v) is 5.61. The summed E-state index contributed by atoms with van der Waals surface area (Å²) in [6, 6.07) is -0.270. The van der Waals surface area contributed by atoms with Crippen LogP contribution in [0.2, 0.25) is 0 Å². The van der Waals surface area contributed by atoms with Crippen molar-refractivity contribution in [3.8, 4) is 0 Å². The Kier molecular flexibility index (Phi) is 7.40. The van der Waals surface area contributed by atoms with Gasteiger partial charge < -0.3 is 36.1 Å². The van der Waals surface area contributed by atoms with Crippen molar-refractivity contribution in [3.05, 3.63) is 11.9 Å². The topological polar surface area (TPSA) is 158 Å². The molecule has 1 saturated heterocycles. The SMILES string of the molecule is CCNC(=O)NCCON=Cc1c(N)ncnc1N1CCN(C(=O)O)CC1. The van der Waals surface area contributed by atoms with E-state index in [1.165, 1.54) is 17.4 Å². The van der Waals surface area contributed by atoms with Gasteiger partial charge in [0, 0.05) is 32.7 Å². The summed E-state index contributed by atoms with van der Waals surface area (Å²) < 4.78 is 0. The second kappa shape index (κ2) is 9.99. The van der Waals surface area contributed by atoms with Crippen LogP contribution in [0.1, 0.15) is 12.5 Å². The first-order valence-electron chi connectivity index (χ1n) is 8.53. The van der Waals surface area contributed by atoms with E-state index in [0.717, 1.165) is 0 Å². The van der Waals surface area contributed by atoms with Crippen LogP contribution in [-0.4, -0.2) is 84.2 Å². The van der Waals surface area contributed by atoms with Gasteiger partial charge in [-0.3, -0.25) is 0 Å². The number of nitrogens with two attached hydrogens (primary N) is 1. The van der Waals surface area contributed by atoms with E-state index < -0.39 is 6.09 Å². The highest BCUT2D eigenvalue weighted by Gasteiger charge is 2.23. The third kappa shape index (κ3) is 5.87. The molecule has 0 bridgehead atoms. The van der Waals surface area contributed by atoms with Gasteiger partial charge in [-0.25, -0.2) is 19.6 Å². The predicted octanol–water partition coefficient (Wildman–Crippen LogP) is -0.472. The maximum atomic E-state index is 11.2. The van der Waals surface area contributed by atoms with Crippen molar-refractivity contribution in [2.24, 2.45) is 5.16 Å². The molecule has 1 aromatic rings. The van der Waals surface area contributed by atoms with E-state index in [-0.39, 0.29) is 18.5 Å². The number of urea groups is 1. The Labute approximate surface area is 156 Å². The van der Waals surface area contributed by atoms with Crippen LogP contribution >= 0.6 is 0 Å². The van der Waals surface area contributed by atoms with E-state index in [9.17, 15) is 9.59 Å². The van der Waals surface area contributed by atoms with Crippen molar-refractivity contribution in [1.29, 1.82) is 0 Å². The summed E-state index contributed by atoms with van der Waals surface area (Å²) in [4.78, 5) is 38.9. The summed E-state index contributed by atoms with van der Waals surface area (Å²) in [5, 5.41) is 18.1. The fraction of sp³-hybridized carbons (Fsp3) is 0.533. The molecule has 12 heteroatoms. The molecule has 148 valence electrons. The Morgan fingerprint density at radius 3 is 2.74 bits per heavy atom. The molecule has 1 fully saturated rings. The molecule has 1 aromatic heterocycles. The Hall–Kier alpha value is -3.31. The fourth-order valence-electron chi connectivity index (χ4n) is 2.46. The minimum absolute atomic E-state index is 0.188. The zero-order valence-electron chi connectivity index (χ0n) is 15.1. The second-order valence-electron chi connectivity index (χ2n) is 5.61. The van der Waals surface area contributed by atoms with Crippen LogP contribution in [-0.2, 0) is 4.84 Å². The zero-order valence-corrected chi connectivity index (χ0v) is 15.1. The van der Waals surface area contributed by atoms with E-state index in [1.54, 1.807) is 0 Å². The number of nitrogens with one attached hydrogen (secondary N) is 2. The molecule has 1 aliphatic heterocycles. The van der Waals surface area contributed by atoms with Crippen LogP contribution in [0.15, 0.2) is 11.5 Å². The van der Waals surface area contributed by atoms with Crippen LogP contribution in [0, 0.1) is 0 Å². The highest BCUT2D eigenvalue weighted by Crippen LogP contribution is 2.21. The van der Waals surface area contributed by atoms with Crippen LogP contribution in [0.4, 0.5) is 21.2 Å². The molecule has 1 aliphatic rings. The van der Waals surface area contributed by atoms with Gasteiger partial charge in [-0.1, -0.05) is 5.16 Å². The summed E-state index contributed by atoms with van der Waals surface area (Å²) in [5.74, 6) is 0.814. The van der Waals surface area contributed by atoms with Crippen LogP contribution in [0.25, 0.3) is 0 Å². The number of amides is 3. The molecule has 27 heavy (non-hydrogen) atoms. The molecule has 3 amide bonds. The molecule has 2 rings (SSSR count). The van der Waals surface area contributed by atoms with Gasteiger partial charge in [0.15, 0.2) is 0 Å². The van der Waals surface area contributed by atoms with E-state index in [0.29, 0.717) is 50.6 Å². The lowest BCUT2D eigenvalue weighted by Crippen LogP contribution is -2.48. The Morgan fingerprint density at radius 1 is 1.33 bits per heavy atom. The van der Waals surface area contributed by atoms with Gasteiger partial charge in [-0.15, -0.1) is 0 Å². The van der Waals surface area contributed by atoms with Crippen molar-refractivity contribution in [2.75, 3.05) is 56.5 Å². The number of aromatic nitrogens is 2. The number of carbonyl (C=O) groups excluding carboxylic acids is 1. The van der Waals surface area contributed by atoms with Crippen LogP contribution in [0.5, 0.6) is 0 Å². The number of hydrogen-bond acceptors (Lipinski definition) is 8. The maximum absolute atomic E-state index is 11.2. The molecule has 2 heterocycles. The number of carboxylic acid groups (broad SMARTS) is 1. The standard InChI is InChI=1S/C15H24N8O4/c1-2-17-14(24)18-3-8-27-21-9-11-12(16)19-10-20-13(11)22-4-6-23(7-5-22)15(25)26/h9-10H,2-8H2,1H3,(H,25,26)(H2,16,19,20)(H2,17,18,24). The maximum Gasteiger partial charge on any atom is 0.407 e. The smallest absolute Gasteiger partial charge is 0.407 e. The summed E-state index contributed by atoms with van der Waals surface area (Å²) in [6.45, 7) is 4.58. The highest BCUT2D eigenvalue weighted by molar-refractivity contribution is 5.91. The lowest BCUT2D eigenvalue weighted by Gasteiger charge is -2.34. The molecule has 0 atom stereocenters. The van der Waals surface area contributed by atoms with Crippen molar-refractivity contribution in [2.45, 2.75) is 6.92 Å². The number of nitrogen functional groups attached to an aromatic ring is 1. The molecule has 0 unspecified atom stereocenters. The quantitative estimate of drug-likeness (QED) is 0.281. The average Bonchev–Trinajstić information content (AvgIpc) is 2.65. The Balaban J connectivity index is 1.91. The number of oxime groups is 1. The van der Waals surface area contributed by atoms with E-state index >= 15 is 0 Å². The van der Waals surface area contributed by atoms with Crippen molar-refractivity contribution >= 4 is 30.0 Å². The predicted molar refractivity (Wildman–Crippen MR) is 98.9 cm³/mol. The van der Waals surface area contributed by atoms with Gasteiger partial charge >= 0.3 is 12.1 Å². The lowest BCUT2D eigenvalue weighted by atomic mass is 10.2. The monoisotopic (exact) mass is 380 g/mol. The van der Waals surface area contributed by atoms with Gasteiger partial charge in [0.25, 0.3) is 0 Å². The van der Waals surface area contributed by atoms with Crippen molar-refractivity contribution < 1.29 is 19.5 Å². The summed E-state index contributed by atoms with van der Waals surface area (Å²) in [5.41, 5.74) is 6.42. The summed E-state index contributed by atoms with van der Waals surface area (Å²) >= 11 is 0. The van der Waals surface area contributed by atoms with Crippen LogP contribution in [0.3, 0.4) is 0 Å². The minimum Gasteiger partial charge on any atom is -0.465 e. The third-order valence-corrected chi connectivity index (χ3v) is 3.82. The normalized spacial score (nSPS) is 14.3. The van der Waals surface area contributed by atoms with Crippen LogP contribution < -0.4 is 21.3 Å². The first-order chi connectivity index (χ1) is 13.0. The molecule has 0 aliphatic carbocycles. The van der Waals surface area contributed by atoms with Gasteiger partial charge in [-0.2, -0.15) is 0 Å². The first kappa shape index (κ1) is 20.0. The Morgan fingerprint density at radius 2 is 2.07 bits per heavy atom. The molecule has 0 spiro atoms. The largest absolute Gasteiger partial charge is 0.465 e. The number of piperazine rings is 1.